The summed E-state index contributed by atoms with van der Waals surface area (Å²) in [6.45, 7) is 0. The van der Waals surface area contributed by atoms with Gasteiger partial charge in [0.15, 0.2) is 0 Å². The van der Waals surface area contributed by atoms with Crippen LogP contribution in [-0.4, -0.2) is 24.1 Å². The Balaban J connectivity index is 2.10. The first-order valence-electron chi connectivity index (χ1n) is 5.95. The highest BCUT2D eigenvalue weighted by Gasteiger charge is 2.12. The zero-order valence-electron chi connectivity index (χ0n) is 10.9. The minimum atomic E-state index is -0.259. The van der Waals surface area contributed by atoms with Crippen LogP contribution in [-0.2, 0) is 0 Å². The van der Waals surface area contributed by atoms with Gasteiger partial charge < -0.3 is 4.90 Å². The van der Waals surface area contributed by atoms with Gasteiger partial charge in [0.05, 0.1) is 0 Å². The molecule has 1 aromatic carbocycles. The third-order valence-electron chi connectivity index (χ3n) is 2.92. The van der Waals surface area contributed by atoms with Crippen LogP contribution in [0.3, 0.4) is 0 Å². The Morgan fingerprint density at radius 3 is 2.65 bits per heavy atom. The lowest BCUT2D eigenvalue weighted by Crippen LogP contribution is -2.08. The topological polar surface area (TPSA) is 29.0 Å². The first kappa shape index (κ1) is 13.7. The summed E-state index contributed by atoms with van der Waals surface area (Å²) in [4.78, 5) is 11.6. The van der Waals surface area contributed by atoms with E-state index in [1.807, 2.05) is 37.2 Å². The largest absolute Gasteiger partial charge is 0.378 e. The molecule has 0 N–H and O–H groups in total. The second-order valence-corrected chi connectivity index (χ2v) is 6.62. The van der Waals surface area contributed by atoms with Crippen LogP contribution in [0.1, 0.15) is 0 Å². The molecule has 0 bridgehead atoms. The minimum Gasteiger partial charge on any atom is -0.378 e. The molecular weight excluding hydrogens is 388 g/mol. The highest BCUT2D eigenvalue weighted by molar-refractivity contribution is 14.1. The predicted octanol–water partition coefficient (Wildman–Crippen LogP) is 4.17. The van der Waals surface area contributed by atoms with E-state index >= 15 is 0 Å². The van der Waals surface area contributed by atoms with Crippen molar-refractivity contribution >= 4 is 50.0 Å². The molecule has 102 valence electrons. The molecule has 0 fully saturated rings. The van der Waals surface area contributed by atoms with Crippen molar-refractivity contribution < 1.29 is 4.39 Å². The molecule has 2 aromatic heterocycles. The Bertz CT molecular complexity index is 785. The molecule has 0 aliphatic carbocycles. The number of halogens is 2. The first-order valence-corrected chi connectivity index (χ1v) is 7.84. The Morgan fingerprint density at radius 1 is 1.15 bits per heavy atom. The lowest BCUT2D eigenvalue weighted by molar-refractivity contribution is 0.631. The molecule has 0 saturated heterocycles. The normalized spacial score (nSPS) is 11.0. The van der Waals surface area contributed by atoms with E-state index in [9.17, 15) is 4.39 Å². The molecule has 3 aromatic rings. The van der Waals surface area contributed by atoms with Gasteiger partial charge in [0.1, 0.15) is 24.9 Å². The number of fused-ring (bicyclic) bond motifs is 1. The number of benzene rings is 1. The molecule has 3 nitrogen and oxygen atoms in total. The van der Waals surface area contributed by atoms with Gasteiger partial charge in [-0.25, -0.2) is 14.4 Å². The lowest BCUT2D eigenvalue weighted by atomic mass is 10.2. The van der Waals surface area contributed by atoms with E-state index < -0.39 is 0 Å². The van der Waals surface area contributed by atoms with Crippen molar-refractivity contribution in [3.05, 3.63) is 39.8 Å². The van der Waals surface area contributed by atoms with Gasteiger partial charge in [0.25, 0.3) is 0 Å². The summed E-state index contributed by atoms with van der Waals surface area (Å²) in [5, 5.41) is 0.664. The highest BCUT2D eigenvalue weighted by atomic mass is 127. The second kappa shape index (κ2) is 5.25. The molecule has 0 amide bonds. The third kappa shape index (κ3) is 2.49. The number of hydrogen-bond acceptors (Lipinski definition) is 4. The summed E-state index contributed by atoms with van der Waals surface area (Å²) in [6, 6.07) is 9.00. The zero-order valence-corrected chi connectivity index (χ0v) is 13.9. The summed E-state index contributed by atoms with van der Waals surface area (Å²) < 4.78 is 15.1. The number of hydrogen-bond donors (Lipinski definition) is 0. The SMILES string of the molecule is CN(C)c1ccc(-c2nc3ccc(I)nc3s2)c(F)c1. The molecule has 20 heavy (non-hydrogen) atoms. The van der Waals surface area contributed by atoms with E-state index in [2.05, 4.69) is 32.6 Å². The summed E-state index contributed by atoms with van der Waals surface area (Å²) in [6.07, 6.45) is 0. The summed E-state index contributed by atoms with van der Waals surface area (Å²) >= 11 is 3.57. The van der Waals surface area contributed by atoms with Crippen molar-refractivity contribution in [2.45, 2.75) is 0 Å². The molecule has 3 rings (SSSR count). The number of thiazole rings is 1. The smallest absolute Gasteiger partial charge is 0.145 e. The Kier molecular flexibility index (Phi) is 3.59. The van der Waals surface area contributed by atoms with Crippen LogP contribution in [0, 0.1) is 9.52 Å². The van der Waals surface area contributed by atoms with Crippen molar-refractivity contribution in [3.63, 3.8) is 0 Å². The Hall–Kier alpha value is -1.28. The quantitative estimate of drug-likeness (QED) is 0.479. The van der Waals surface area contributed by atoms with Gasteiger partial charge >= 0.3 is 0 Å². The average molecular weight is 399 g/mol. The molecule has 0 radical (unpaired) electrons. The fraction of sp³-hybridized carbons (Fsp3) is 0.143. The predicted molar refractivity (Wildman–Crippen MR) is 89.9 cm³/mol. The van der Waals surface area contributed by atoms with Gasteiger partial charge in [0.2, 0.25) is 0 Å². The molecule has 0 spiro atoms. The third-order valence-corrected chi connectivity index (χ3v) is 4.52. The summed E-state index contributed by atoms with van der Waals surface area (Å²) in [7, 11) is 3.77. The van der Waals surface area contributed by atoms with Gasteiger partial charge in [0, 0.05) is 25.3 Å². The maximum atomic E-state index is 14.2. The fourth-order valence-corrected chi connectivity index (χ4v) is 3.41. The Morgan fingerprint density at radius 2 is 1.95 bits per heavy atom. The summed E-state index contributed by atoms with van der Waals surface area (Å²) in [5.41, 5.74) is 2.16. The number of anilines is 1. The molecule has 2 heterocycles. The van der Waals surface area contributed by atoms with E-state index in [1.165, 1.54) is 17.4 Å². The van der Waals surface area contributed by atoms with E-state index in [1.54, 1.807) is 6.07 Å². The van der Waals surface area contributed by atoms with Gasteiger partial charge in [-0.05, 0) is 52.9 Å². The van der Waals surface area contributed by atoms with Gasteiger partial charge in [-0.1, -0.05) is 11.3 Å². The lowest BCUT2D eigenvalue weighted by Gasteiger charge is -2.12. The zero-order chi connectivity index (χ0) is 14.3. The number of rotatable bonds is 2. The van der Waals surface area contributed by atoms with E-state index in [4.69, 9.17) is 0 Å². The van der Waals surface area contributed by atoms with Crippen LogP contribution >= 0.6 is 33.9 Å². The molecular formula is C14H11FIN3S. The Labute approximate surface area is 133 Å². The highest BCUT2D eigenvalue weighted by Crippen LogP contribution is 2.32. The first-order chi connectivity index (χ1) is 9.54. The molecule has 0 saturated carbocycles. The average Bonchev–Trinajstić information content (AvgIpc) is 2.80. The van der Waals surface area contributed by atoms with Crippen molar-refractivity contribution in [2.75, 3.05) is 19.0 Å². The maximum Gasteiger partial charge on any atom is 0.145 e. The molecule has 0 aliphatic rings. The van der Waals surface area contributed by atoms with E-state index in [0.29, 0.717) is 10.6 Å². The van der Waals surface area contributed by atoms with Crippen LogP contribution < -0.4 is 4.90 Å². The standard InChI is InChI=1S/C14H11FIN3S/c1-19(2)8-3-4-9(10(15)7-8)13-17-11-5-6-12(16)18-14(11)20-13/h3-7H,1-2H3. The summed E-state index contributed by atoms with van der Waals surface area (Å²) in [5.74, 6) is -0.259. The number of nitrogens with zero attached hydrogens (tertiary/aromatic N) is 3. The van der Waals surface area contributed by atoms with Crippen LogP contribution in [0.4, 0.5) is 10.1 Å². The van der Waals surface area contributed by atoms with Crippen molar-refractivity contribution in [1.29, 1.82) is 0 Å². The number of pyridine rings is 1. The van der Waals surface area contributed by atoms with Crippen molar-refractivity contribution in [1.82, 2.24) is 9.97 Å². The van der Waals surface area contributed by atoms with Gasteiger partial charge in [-0.3, -0.25) is 0 Å². The fourth-order valence-electron chi connectivity index (χ4n) is 1.87. The van der Waals surface area contributed by atoms with E-state index in [-0.39, 0.29) is 5.82 Å². The van der Waals surface area contributed by atoms with E-state index in [0.717, 1.165) is 19.7 Å². The minimum absolute atomic E-state index is 0.259. The second-order valence-electron chi connectivity index (χ2n) is 4.54. The maximum absolute atomic E-state index is 14.2. The van der Waals surface area contributed by atoms with Crippen LogP contribution in [0.25, 0.3) is 20.9 Å². The monoisotopic (exact) mass is 399 g/mol. The van der Waals surface area contributed by atoms with Crippen molar-refractivity contribution in [2.24, 2.45) is 0 Å². The van der Waals surface area contributed by atoms with Crippen LogP contribution in [0.5, 0.6) is 0 Å². The molecule has 0 atom stereocenters. The van der Waals surface area contributed by atoms with Crippen molar-refractivity contribution in [3.8, 4) is 10.6 Å². The molecule has 0 aliphatic heterocycles. The van der Waals surface area contributed by atoms with Crippen LogP contribution in [0.15, 0.2) is 30.3 Å². The molecule has 6 heteroatoms. The number of aromatic nitrogens is 2. The van der Waals surface area contributed by atoms with Crippen LogP contribution in [0.2, 0.25) is 0 Å². The van der Waals surface area contributed by atoms with Gasteiger partial charge in [-0.2, -0.15) is 0 Å². The molecule has 0 unspecified atom stereocenters. The van der Waals surface area contributed by atoms with Gasteiger partial charge in [-0.15, -0.1) is 0 Å².